The molecule has 23 heavy (non-hydrogen) atoms. The van der Waals surface area contributed by atoms with Crippen molar-refractivity contribution in [3.8, 4) is 0 Å². The van der Waals surface area contributed by atoms with Crippen LogP contribution in [0.4, 0.5) is 0 Å². The molecule has 1 aliphatic rings. The van der Waals surface area contributed by atoms with E-state index in [1.807, 2.05) is 6.92 Å². The smallest absolute Gasteiger partial charge is 0.354 e. The van der Waals surface area contributed by atoms with Crippen LogP contribution in [0, 0.1) is 6.92 Å². The predicted molar refractivity (Wildman–Crippen MR) is 85.8 cm³/mol. The molecule has 0 unspecified atom stereocenters. The highest BCUT2D eigenvalue weighted by Crippen LogP contribution is 2.37. The third-order valence-electron chi connectivity index (χ3n) is 4.00. The number of carbonyl (C=O) groups excluding carboxylic acids is 1. The topological polar surface area (TPSA) is 83.4 Å². The van der Waals surface area contributed by atoms with Gasteiger partial charge in [0, 0.05) is 7.05 Å². The van der Waals surface area contributed by atoms with E-state index in [0.29, 0.717) is 0 Å². The van der Waals surface area contributed by atoms with Gasteiger partial charge >= 0.3 is 5.97 Å². The minimum absolute atomic E-state index is 0.0206. The molecule has 0 aromatic carbocycles. The van der Waals surface area contributed by atoms with Crippen molar-refractivity contribution in [2.24, 2.45) is 0 Å². The van der Waals surface area contributed by atoms with Gasteiger partial charge in [-0.2, -0.15) is 0 Å². The first kappa shape index (κ1) is 15.6. The van der Waals surface area contributed by atoms with E-state index in [2.05, 4.69) is 9.97 Å². The number of nitrogens with zero attached hydrogens (tertiary/aromatic N) is 3. The number of carbonyl (C=O) groups is 2. The number of hydrogen-bond donors (Lipinski definition) is 1. The van der Waals surface area contributed by atoms with E-state index in [-0.39, 0.29) is 23.3 Å². The van der Waals surface area contributed by atoms with Crippen molar-refractivity contribution in [2.45, 2.75) is 32.2 Å². The second-order valence-corrected chi connectivity index (χ2v) is 6.82. The van der Waals surface area contributed by atoms with Crippen LogP contribution in [-0.4, -0.2) is 38.9 Å². The molecule has 6 nitrogen and oxygen atoms in total. The van der Waals surface area contributed by atoms with Crippen LogP contribution >= 0.6 is 11.3 Å². The summed E-state index contributed by atoms with van der Waals surface area (Å²) in [6.07, 6.45) is 2.82. The maximum atomic E-state index is 12.7. The van der Waals surface area contributed by atoms with Crippen LogP contribution in [0.15, 0.2) is 18.2 Å². The zero-order valence-corrected chi connectivity index (χ0v) is 13.8. The quantitative estimate of drug-likeness (QED) is 0.935. The maximum absolute atomic E-state index is 12.7. The number of rotatable bonds is 3. The Morgan fingerprint density at radius 1 is 1.30 bits per heavy atom. The molecule has 1 aliphatic carbocycles. The summed E-state index contributed by atoms with van der Waals surface area (Å²) in [5.74, 6) is -1.41. The molecule has 1 amide bonds. The number of carboxylic acid groups (broad SMARTS) is 1. The second kappa shape index (κ2) is 6.08. The van der Waals surface area contributed by atoms with Crippen LogP contribution in [0.1, 0.15) is 55.4 Å². The zero-order chi connectivity index (χ0) is 16.6. The van der Waals surface area contributed by atoms with E-state index in [1.165, 1.54) is 6.07 Å². The molecule has 0 spiro atoms. The van der Waals surface area contributed by atoms with Gasteiger partial charge in [0.15, 0.2) is 0 Å². The van der Waals surface area contributed by atoms with Gasteiger partial charge in [-0.15, -0.1) is 11.3 Å². The van der Waals surface area contributed by atoms with E-state index in [9.17, 15) is 9.59 Å². The Kier molecular flexibility index (Phi) is 4.12. The lowest BCUT2D eigenvalue weighted by Crippen LogP contribution is -2.33. The van der Waals surface area contributed by atoms with Crippen LogP contribution in [-0.2, 0) is 6.42 Å². The number of aromatic nitrogens is 2. The Morgan fingerprint density at radius 2 is 2.04 bits per heavy atom. The first-order chi connectivity index (χ1) is 11.0. The fraction of sp³-hybridized carbons (Fsp3) is 0.375. The number of aromatic carboxylic acids is 1. The lowest BCUT2D eigenvalue weighted by Gasteiger charge is -2.30. The van der Waals surface area contributed by atoms with Crippen molar-refractivity contribution in [2.75, 3.05) is 7.05 Å². The van der Waals surface area contributed by atoms with E-state index in [1.54, 1.807) is 35.4 Å². The number of fused-ring (bicyclic) bond motifs is 1. The number of pyridine rings is 1. The number of thiazole rings is 1. The van der Waals surface area contributed by atoms with Crippen molar-refractivity contribution in [3.05, 3.63) is 45.2 Å². The standard InChI is InChI=1S/C16H17N3O3S/c1-9-17-10-5-4-8-13(14(10)23-9)19(2)15(20)11-6-3-7-12(18-11)16(21)22/h3,6-7,13H,4-5,8H2,1-2H3,(H,21,22)/t13-/m0/s1. The summed E-state index contributed by atoms with van der Waals surface area (Å²) in [4.78, 5) is 35.0. The third kappa shape index (κ3) is 2.96. The van der Waals surface area contributed by atoms with Crippen molar-refractivity contribution in [1.82, 2.24) is 14.9 Å². The molecule has 2 aromatic rings. The first-order valence-electron chi connectivity index (χ1n) is 7.41. The number of amides is 1. The van der Waals surface area contributed by atoms with E-state index in [4.69, 9.17) is 5.11 Å². The Bertz CT molecular complexity index is 772. The molecule has 0 fully saturated rings. The lowest BCUT2D eigenvalue weighted by molar-refractivity contribution is 0.0688. The van der Waals surface area contributed by atoms with Gasteiger partial charge in [-0.3, -0.25) is 4.79 Å². The first-order valence-corrected chi connectivity index (χ1v) is 8.22. The summed E-state index contributed by atoms with van der Waals surface area (Å²) in [6, 6.07) is 4.45. The van der Waals surface area contributed by atoms with Crippen molar-refractivity contribution in [3.63, 3.8) is 0 Å². The molecule has 7 heteroatoms. The molecular weight excluding hydrogens is 314 g/mol. The fourth-order valence-electron chi connectivity index (χ4n) is 2.88. The molecule has 1 atom stereocenters. The molecule has 3 rings (SSSR count). The van der Waals surface area contributed by atoms with Gasteiger partial charge in [0.1, 0.15) is 11.4 Å². The normalized spacial score (nSPS) is 16.7. The van der Waals surface area contributed by atoms with Gasteiger partial charge in [0.25, 0.3) is 5.91 Å². The van der Waals surface area contributed by atoms with Crippen molar-refractivity contribution in [1.29, 1.82) is 0 Å². The monoisotopic (exact) mass is 331 g/mol. The average molecular weight is 331 g/mol. The molecule has 0 saturated heterocycles. The summed E-state index contributed by atoms with van der Waals surface area (Å²) in [7, 11) is 1.74. The summed E-state index contributed by atoms with van der Waals surface area (Å²) in [6.45, 7) is 1.97. The molecule has 1 N–H and O–H groups in total. The SMILES string of the molecule is Cc1nc2c(s1)[C@@H](N(C)C(=O)c1cccc(C(=O)O)n1)CCC2. The van der Waals surface area contributed by atoms with Crippen LogP contribution in [0.2, 0.25) is 0 Å². The molecule has 0 bridgehead atoms. The van der Waals surface area contributed by atoms with Gasteiger partial charge in [-0.05, 0) is 38.3 Å². The molecular formula is C16H17N3O3S. The minimum Gasteiger partial charge on any atom is -0.477 e. The number of aryl methyl sites for hydroxylation is 2. The van der Waals surface area contributed by atoms with Gasteiger partial charge < -0.3 is 10.0 Å². The van der Waals surface area contributed by atoms with Crippen LogP contribution in [0.5, 0.6) is 0 Å². The summed E-state index contributed by atoms with van der Waals surface area (Å²) >= 11 is 1.63. The fourth-order valence-corrected chi connectivity index (χ4v) is 4.04. The Hall–Kier alpha value is -2.28. The van der Waals surface area contributed by atoms with Gasteiger partial charge in [0.05, 0.1) is 21.6 Å². The Morgan fingerprint density at radius 3 is 2.78 bits per heavy atom. The molecule has 120 valence electrons. The van der Waals surface area contributed by atoms with E-state index >= 15 is 0 Å². The Balaban J connectivity index is 1.89. The zero-order valence-electron chi connectivity index (χ0n) is 12.9. The van der Waals surface area contributed by atoms with Crippen molar-refractivity contribution < 1.29 is 14.7 Å². The predicted octanol–water partition coefficient (Wildman–Crippen LogP) is 2.69. The lowest BCUT2D eigenvalue weighted by atomic mass is 9.97. The van der Waals surface area contributed by atoms with E-state index < -0.39 is 5.97 Å². The number of carboxylic acids is 1. The third-order valence-corrected chi connectivity index (χ3v) is 5.12. The molecule has 0 radical (unpaired) electrons. The highest BCUT2D eigenvalue weighted by Gasteiger charge is 2.30. The van der Waals surface area contributed by atoms with Crippen LogP contribution in [0.25, 0.3) is 0 Å². The summed E-state index contributed by atoms with van der Waals surface area (Å²) in [5.41, 5.74) is 1.11. The van der Waals surface area contributed by atoms with E-state index in [0.717, 1.165) is 34.8 Å². The largest absolute Gasteiger partial charge is 0.477 e. The Labute approximate surface area is 137 Å². The maximum Gasteiger partial charge on any atom is 0.354 e. The molecule has 2 heterocycles. The van der Waals surface area contributed by atoms with Crippen LogP contribution < -0.4 is 0 Å². The highest BCUT2D eigenvalue weighted by atomic mass is 32.1. The highest BCUT2D eigenvalue weighted by molar-refractivity contribution is 7.11. The minimum atomic E-state index is -1.14. The summed E-state index contributed by atoms with van der Waals surface area (Å²) in [5, 5.41) is 10.0. The average Bonchev–Trinajstić information content (AvgIpc) is 2.93. The molecule has 2 aromatic heterocycles. The summed E-state index contributed by atoms with van der Waals surface area (Å²) < 4.78 is 0. The van der Waals surface area contributed by atoms with Crippen molar-refractivity contribution >= 4 is 23.2 Å². The van der Waals surface area contributed by atoms with Gasteiger partial charge in [-0.1, -0.05) is 6.07 Å². The molecule has 0 saturated carbocycles. The van der Waals surface area contributed by atoms with Gasteiger partial charge in [0.2, 0.25) is 0 Å². The molecule has 0 aliphatic heterocycles. The van der Waals surface area contributed by atoms with Crippen LogP contribution in [0.3, 0.4) is 0 Å². The van der Waals surface area contributed by atoms with Gasteiger partial charge in [-0.25, -0.2) is 14.8 Å². The number of hydrogen-bond acceptors (Lipinski definition) is 5. The second-order valence-electron chi connectivity index (χ2n) is 5.58.